The van der Waals surface area contributed by atoms with E-state index < -0.39 is 23.8 Å². The highest BCUT2D eigenvalue weighted by Gasteiger charge is 2.40. The van der Waals surface area contributed by atoms with E-state index in [4.69, 9.17) is 4.74 Å². The lowest BCUT2D eigenvalue weighted by Crippen LogP contribution is -2.56. The summed E-state index contributed by atoms with van der Waals surface area (Å²) in [6, 6.07) is 5.84. The Balaban J connectivity index is 2.15. The number of likely N-dealkylation sites (N-methyl/N-ethyl adjacent to an activating group) is 2. The number of urea groups is 1. The summed E-state index contributed by atoms with van der Waals surface area (Å²) < 4.78 is 5.06. The summed E-state index contributed by atoms with van der Waals surface area (Å²) in [6.45, 7) is 5.95. The average Bonchev–Trinajstić information content (AvgIpc) is 2.67. The number of benzene rings is 1. The van der Waals surface area contributed by atoms with E-state index in [0.717, 1.165) is 16.2 Å². The van der Waals surface area contributed by atoms with Crippen molar-refractivity contribution < 1.29 is 23.9 Å². The number of imide groups is 2. The highest BCUT2D eigenvalue weighted by Crippen LogP contribution is 2.18. The van der Waals surface area contributed by atoms with Crippen molar-refractivity contribution in [1.82, 2.24) is 9.80 Å². The molecule has 0 radical (unpaired) electrons. The average molecular weight is 373 g/mol. The molecule has 0 atom stereocenters. The van der Waals surface area contributed by atoms with Gasteiger partial charge in [-0.2, -0.15) is 0 Å². The number of hydrogen-bond acceptors (Lipinski definition) is 6. The van der Waals surface area contributed by atoms with Crippen LogP contribution in [0.5, 0.6) is 0 Å². The minimum Gasteiger partial charge on any atom is -0.462 e. The second-order valence-electron chi connectivity index (χ2n) is 5.80. The predicted octanol–water partition coefficient (Wildman–Crippen LogP) is 2.38. The smallest absolute Gasteiger partial charge is 0.338 e. The van der Waals surface area contributed by atoms with E-state index in [1.807, 2.05) is 6.92 Å². The maximum atomic E-state index is 12.4. The number of anilines is 1. The number of carbonyl (C=O) groups excluding carboxylic acids is 4. The monoisotopic (exact) mass is 373 g/mol. The second-order valence-corrected chi connectivity index (χ2v) is 5.80. The number of esters is 1. The van der Waals surface area contributed by atoms with E-state index in [0.29, 0.717) is 17.9 Å². The Kier molecular flexibility index (Phi) is 6.70. The number of ether oxygens (including phenoxy) is 1. The van der Waals surface area contributed by atoms with Crippen LogP contribution in [0.25, 0.3) is 0 Å². The van der Waals surface area contributed by atoms with Gasteiger partial charge in [-0.1, -0.05) is 6.92 Å². The zero-order valence-corrected chi connectivity index (χ0v) is 15.7. The molecular weight excluding hydrogens is 350 g/mol. The summed E-state index contributed by atoms with van der Waals surface area (Å²) in [5.41, 5.74) is 0.870. The predicted molar refractivity (Wildman–Crippen MR) is 98.9 cm³/mol. The molecule has 8 nitrogen and oxygen atoms in total. The molecule has 8 heteroatoms. The van der Waals surface area contributed by atoms with E-state index in [2.05, 4.69) is 5.32 Å². The fourth-order valence-electron chi connectivity index (χ4n) is 2.52. The van der Waals surface area contributed by atoms with E-state index in [1.165, 1.54) is 6.20 Å². The van der Waals surface area contributed by atoms with Gasteiger partial charge >= 0.3 is 12.0 Å². The van der Waals surface area contributed by atoms with Crippen molar-refractivity contribution >= 4 is 29.5 Å². The van der Waals surface area contributed by atoms with Gasteiger partial charge in [0.1, 0.15) is 5.57 Å². The quantitative estimate of drug-likeness (QED) is 0.448. The van der Waals surface area contributed by atoms with Crippen LogP contribution < -0.4 is 5.32 Å². The SMILES string of the molecule is CCCOC(=O)c1ccc(NC=C2C(=O)N(CC)C(=O)N(CC)C2=O)cc1. The van der Waals surface area contributed by atoms with Crippen molar-refractivity contribution in [2.24, 2.45) is 0 Å². The number of nitrogens with zero attached hydrogens (tertiary/aromatic N) is 2. The molecule has 144 valence electrons. The maximum absolute atomic E-state index is 12.4. The molecular formula is C19H23N3O5. The highest BCUT2D eigenvalue weighted by atomic mass is 16.5. The molecule has 1 saturated heterocycles. The molecule has 1 aliphatic heterocycles. The van der Waals surface area contributed by atoms with E-state index in [1.54, 1.807) is 38.1 Å². The van der Waals surface area contributed by atoms with E-state index >= 15 is 0 Å². The summed E-state index contributed by atoms with van der Waals surface area (Å²) in [7, 11) is 0. The molecule has 1 aromatic rings. The van der Waals surface area contributed by atoms with E-state index in [-0.39, 0.29) is 18.7 Å². The van der Waals surface area contributed by atoms with Crippen molar-refractivity contribution in [2.45, 2.75) is 27.2 Å². The third kappa shape index (κ3) is 4.33. The van der Waals surface area contributed by atoms with Gasteiger partial charge in [0, 0.05) is 25.0 Å². The fourth-order valence-corrected chi connectivity index (χ4v) is 2.52. The lowest BCUT2D eigenvalue weighted by atomic mass is 10.1. The number of carbonyl (C=O) groups is 4. The lowest BCUT2D eigenvalue weighted by molar-refractivity contribution is -0.135. The van der Waals surface area contributed by atoms with Crippen molar-refractivity contribution in [3.05, 3.63) is 41.6 Å². The standard InChI is InChI=1S/C19H23N3O5/c1-4-11-27-18(25)13-7-9-14(10-8-13)20-12-15-16(23)21(5-2)19(26)22(6-3)17(15)24/h7-10,12,20H,4-6,11H2,1-3H3. The minimum absolute atomic E-state index is 0.121. The molecule has 0 aliphatic carbocycles. The fraction of sp³-hybridized carbons (Fsp3) is 0.368. The molecule has 0 unspecified atom stereocenters. The van der Waals surface area contributed by atoms with Gasteiger partial charge in [-0.3, -0.25) is 19.4 Å². The molecule has 4 amide bonds. The normalized spacial score (nSPS) is 14.5. The number of hydrogen-bond donors (Lipinski definition) is 1. The molecule has 1 fully saturated rings. The van der Waals surface area contributed by atoms with Gasteiger partial charge in [-0.15, -0.1) is 0 Å². The van der Waals surface area contributed by atoms with Crippen LogP contribution in [0.2, 0.25) is 0 Å². The molecule has 2 rings (SSSR count). The maximum Gasteiger partial charge on any atom is 0.338 e. The van der Waals surface area contributed by atoms with Crippen molar-refractivity contribution in [3.63, 3.8) is 0 Å². The molecule has 1 aliphatic rings. The topological polar surface area (TPSA) is 96.0 Å². The zero-order chi connectivity index (χ0) is 20.0. The summed E-state index contributed by atoms with van der Waals surface area (Å²) >= 11 is 0. The first-order chi connectivity index (χ1) is 12.9. The van der Waals surface area contributed by atoms with Crippen LogP contribution in [0.15, 0.2) is 36.0 Å². The van der Waals surface area contributed by atoms with Crippen LogP contribution in [-0.4, -0.2) is 53.3 Å². The van der Waals surface area contributed by atoms with Crippen LogP contribution in [-0.2, 0) is 14.3 Å². The van der Waals surface area contributed by atoms with Crippen LogP contribution in [0.1, 0.15) is 37.6 Å². The lowest BCUT2D eigenvalue weighted by Gasteiger charge is -2.32. The third-order valence-corrected chi connectivity index (χ3v) is 3.99. The Morgan fingerprint density at radius 2 is 1.56 bits per heavy atom. The summed E-state index contributed by atoms with van der Waals surface area (Å²) in [5, 5.41) is 2.87. The second kappa shape index (κ2) is 8.98. The Labute approximate surface area is 157 Å². The van der Waals surface area contributed by atoms with Gasteiger partial charge in [0.05, 0.1) is 12.2 Å². The molecule has 1 N–H and O–H groups in total. The Hall–Kier alpha value is -3.16. The van der Waals surface area contributed by atoms with Crippen LogP contribution in [0, 0.1) is 0 Å². The molecule has 0 saturated carbocycles. The summed E-state index contributed by atoms with van der Waals surface area (Å²) in [4.78, 5) is 50.7. The van der Waals surface area contributed by atoms with Crippen molar-refractivity contribution in [3.8, 4) is 0 Å². The molecule has 27 heavy (non-hydrogen) atoms. The first kappa shape index (κ1) is 20.2. The number of amides is 4. The van der Waals surface area contributed by atoms with Crippen LogP contribution in [0.3, 0.4) is 0 Å². The van der Waals surface area contributed by atoms with Gasteiger partial charge in [0.25, 0.3) is 11.8 Å². The van der Waals surface area contributed by atoms with Gasteiger partial charge in [-0.05, 0) is 44.5 Å². The molecule has 0 bridgehead atoms. The minimum atomic E-state index is -0.635. The Morgan fingerprint density at radius 1 is 1.00 bits per heavy atom. The van der Waals surface area contributed by atoms with Crippen LogP contribution >= 0.6 is 0 Å². The zero-order valence-electron chi connectivity index (χ0n) is 15.7. The van der Waals surface area contributed by atoms with Gasteiger partial charge < -0.3 is 10.1 Å². The molecule has 0 spiro atoms. The first-order valence-electron chi connectivity index (χ1n) is 8.86. The molecule has 1 aromatic carbocycles. The first-order valence-corrected chi connectivity index (χ1v) is 8.86. The van der Waals surface area contributed by atoms with Crippen LogP contribution in [0.4, 0.5) is 10.5 Å². The Morgan fingerprint density at radius 3 is 2.04 bits per heavy atom. The third-order valence-electron chi connectivity index (χ3n) is 3.99. The van der Waals surface area contributed by atoms with Crippen molar-refractivity contribution in [2.75, 3.05) is 25.0 Å². The molecule has 0 aromatic heterocycles. The van der Waals surface area contributed by atoms with Gasteiger partial charge in [0.15, 0.2) is 0 Å². The number of rotatable bonds is 7. The Bertz CT molecular complexity index is 742. The van der Waals surface area contributed by atoms with Gasteiger partial charge in [0.2, 0.25) is 0 Å². The summed E-state index contributed by atoms with van der Waals surface area (Å²) in [6.07, 6.45) is 2.03. The summed E-state index contributed by atoms with van der Waals surface area (Å²) in [5.74, 6) is -1.68. The number of nitrogens with one attached hydrogen (secondary N) is 1. The number of barbiturate groups is 1. The van der Waals surface area contributed by atoms with Gasteiger partial charge in [-0.25, -0.2) is 9.59 Å². The molecule has 1 heterocycles. The largest absolute Gasteiger partial charge is 0.462 e. The highest BCUT2D eigenvalue weighted by molar-refractivity contribution is 6.28. The van der Waals surface area contributed by atoms with E-state index in [9.17, 15) is 19.2 Å². The van der Waals surface area contributed by atoms with Crippen molar-refractivity contribution in [1.29, 1.82) is 0 Å².